The SMILES string of the molecule is CCCCCCCCCCCCC/C=C/CC/C=C/C(O)C(COC1OC(CO)C(OC2OC(CO)C(OC3OC(CO)C(O)C(O)C3O)C(O)C2O)C(O)C1O)NC(C)=O. The minimum atomic E-state index is -1.97. The summed E-state index contributed by atoms with van der Waals surface area (Å²) in [6.45, 7) is 0.685. The number of nitrogens with one attached hydrogen (secondary N) is 1. The molecule has 61 heavy (non-hydrogen) atoms. The zero-order valence-corrected chi connectivity index (χ0v) is 35.6. The first-order valence-electron chi connectivity index (χ1n) is 22.0. The van der Waals surface area contributed by atoms with E-state index in [1.165, 1.54) is 77.2 Å². The summed E-state index contributed by atoms with van der Waals surface area (Å²) in [7, 11) is 0. The fraction of sp³-hybridized carbons (Fsp3) is 0.881. The molecule has 19 heteroatoms. The van der Waals surface area contributed by atoms with Crippen LogP contribution in [0.25, 0.3) is 0 Å². The van der Waals surface area contributed by atoms with Gasteiger partial charge in [0.05, 0.1) is 38.6 Å². The zero-order chi connectivity index (χ0) is 44.9. The zero-order valence-electron chi connectivity index (χ0n) is 35.6. The van der Waals surface area contributed by atoms with Gasteiger partial charge < -0.3 is 89.9 Å². The third-order valence-corrected chi connectivity index (χ3v) is 11.3. The molecule has 0 bridgehead atoms. The number of rotatable bonds is 28. The van der Waals surface area contributed by atoms with Crippen LogP contribution in [0.5, 0.6) is 0 Å². The summed E-state index contributed by atoms with van der Waals surface area (Å²) in [4.78, 5) is 12.0. The molecule has 3 aliphatic heterocycles. The van der Waals surface area contributed by atoms with Gasteiger partial charge in [0.25, 0.3) is 0 Å². The predicted octanol–water partition coefficient (Wildman–Crippen LogP) is -1.09. The molecule has 0 spiro atoms. The molecule has 3 heterocycles. The second kappa shape index (κ2) is 28.9. The molecule has 0 aromatic carbocycles. The number of hydrogen-bond acceptors (Lipinski definition) is 18. The van der Waals surface area contributed by atoms with Gasteiger partial charge in [-0.3, -0.25) is 4.79 Å². The first-order chi connectivity index (χ1) is 29.3. The summed E-state index contributed by atoms with van der Waals surface area (Å²) in [5.41, 5.74) is 0. The molecule has 0 aromatic rings. The van der Waals surface area contributed by atoms with Crippen LogP contribution in [0.3, 0.4) is 0 Å². The van der Waals surface area contributed by atoms with Crippen molar-refractivity contribution in [2.24, 2.45) is 0 Å². The van der Waals surface area contributed by atoms with Crippen molar-refractivity contribution in [2.75, 3.05) is 26.4 Å². The van der Waals surface area contributed by atoms with Gasteiger partial charge in [-0.15, -0.1) is 0 Å². The third-order valence-electron chi connectivity index (χ3n) is 11.3. The van der Waals surface area contributed by atoms with E-state index >= 15 is 0 Å². The van der Waals surface area contributed by atoms with Crippen LogP contribution in [-0.4, -0.2) is 193 Å². The molecule has 0 radical (unpaired) electrons. The van der Waals surface area contributed by atoms with Crippen LogP contribution in [0.4, 0.5) is 0 Å². The Kier molecular flexibility index (Phi) is 25.4. The molecule has 3 fully saturated rings. The van der Waals surface area contributed by atoms with Gasteiger partial charge in [0.1, 0.15) is 73.2 Å². The highest BCUT2D eigenvalue weighted by Gasteiger charge is 2.53. The fourth-order valence-corrected chi connectivity index (χ4v) is 7.59. The molecule has 0 aliphatic carbocycles. The van der Waals surface area contributed by atoms with Gasteiger partial charge in [-0.25, -0.2) is 0 Å². The van der Waals surface area contributed by atoms with E-state index in [0.717, 1.165) is 19.3 Å². The number of allylic oxidation sites excluding steroid dienone is 3. The van der Waals surface area contributed by atoms with Crippen LogP contribution >= 0.6 is 0 Å². The third kappa shape index (κ3) is 17.0. The van der Waals surface area contributed by atoms with E-state index in [-0.39, 0.29) is 6.61 Å². The Bertz CT molecular complexity index is 1240. The van der Waals surface area contributed by atoms with Gasteiger partial charge in [0.2, 0.25) is 5.91 Å². The standard InChI is InChI=1S/C42H75NO18/c1-3-4-5-6-7-8-9-10-11-12-13-14-15-16-17-18-19-20-27(48)26(43-25(2)47)24-56-40-36(54)33(51)38(29(22-45)58-40)61-42-37(55)34(52)39(30(23-46)59-42)60-41-35(53)32(50)31(49)28(21-44)57-41/h15-16,19-20,26-42,44-46,48-55H,3-14,17-18,21-24H2,1-2H3,(H,43,47)/b16-15+,20-19+. The lowest BCUT2D eigenvalue weighted by atomic mass is 9.96. The number of aliphatic hydroxyl groups is 11. The van der Waals surface area contributed by atoms with E-state index in [1.54, 1.807) is 6.08 Å². The van der Waals surface area contributed by atoms with E-state index in [0.29, 0.717) is 6.42 Å². The number of ether oxygens (including phenoxy) is 6. The van der Waals surface area contributed by atoms with Crippen molar-refractivity contribution in [2.45, 2.75) is 208 Å². The molecule has 0 saturated carbocycles. The van der Waals surface area contributed by atoms with Crippen LogP contribution in [-0.2, 0) is 33.2 Å². The molecule has 3 rings (SSSR count). The van der Waals surface area contributed by atoms with E-state index < -0.39 is 130 Å². The normalized spacial score (nSPS) is 35.8. The molecule has 19 nitrogen and oxygen atoms in total. The minimum Gasteiger partial charge on any atom is -0.394 e. The lowest BCUT2D eigenvalue weighted by molar-refractivity contribution is -0.379. The molecule has 3 saturated heterocycles. The molecule has 1 amide bonds. The fourth-order valence-electron chi connectivity index (χ4n) is 7.59. The van der Waals surface area contributed by atoms with Gasteiger partial charge in [-0.1, -0.05) is 95.4 Å². The highest BCUT2D eigenvalue weighted by molar-refractivity contribution is 5.73. The van der Waals surface area contributed by atoms with Crippen molar-refractivity contribution in [3.8, 4) is 0 Å². The number of aliphatic hydroxyl groups excluding tert-OH is 11. The summed E-state index contributed by atoms with van der Waals surface area (Å²) in [6.07, 6.45) is -2.48. The van der Waals surface area contributed by atoms with Crippen molar-refractivity contribution in [1.82, 2.24) is 5.32 Å². The monoisotopic (exact) mass is 881 g/mol. The number of unbranched alkanes of at least 4 members (excludes halogenated alkanes) is 12. The van der Waals surface area contributed by atoms with Crippen molar-refractivity contribution in [3.05, 3.63) is 24.3 Å². The minimum absolute atomic E-state index is 0.382. The summed E-state index contributed by atoms with van der Waals surface area (Å²) < 4.78 is 33.5. The van der Waals surface area contributed by atoms with Gasteiger partial charge >= 0.3 is 0 Å². The van der Waals surface area contributed by atoms with E-state index in [1.807, 2.05) is 0 Å². The van der Waals surface area contributed by atoms with Gasteiger partial charge in [-0.05, 0) is 25.7 Å². The molecule has 17 atom stereocenters. The molecule has 0 aromatic heterocycles. The van der Waals surface area contributed by atoms with E-state index in [9.17, 15) is 61.0 Å². The maximum absolute atomic E-state index is 12.0. The Morgan fingerprint density at radius 2 is 1.02 bits per heavy atom. The molecular formula is C42H75NO18. The highest BCUT2D eigenvalue weighted by atomic mass is 16.8. The number of hydrogen-bond donors (Lipinski definition) is 12. The van der Waals surface area contributed by atoms with Gasteiger partial charge in [0, 0.05) is 6.92 Å². The Morgan fingerprint density at radius 3 is 1.54 bits per heavy atom. The summed E-state index contributed by atoms with van der Waals surface area (Å²) in [5, 5.41) is 118. The van der Waals surface area contributed by atoms with Crippen LogP contribution in [0.2, 0.25) is 0 Å². The Hall–Kier alpha value is -1.73. The number of amides is 1. The second-order valence-electron chi connectivity index (χ2n) is 16.2. The van der Waals surface area contributed by atoms with Crippen LogP contribution in [0, 0.1) is 0 Å². The Balaban J connectivity index is 1.46. The second-order valence-corrected chi connectivity index (χ2v) is 16.2. The molecule has 17 unspecified atom stereocenters. The molecule has 3 aliphatic rings. The smallest absolute Gasteiger partial charge is 0.217 e. The Labute approximate surface area is 358 Å². The quantitative estimate of drug-likeness (QED) is 0.0328. The summed E-state index contributed by atoms with van der Waals surface area (Å²) >= 11 is 0. The molecule has 12 N–H and O–H groups in total. The predicted molar refractivity (Wildman–Crippen MR) is 217 cm³/mol. The highest BCUT2D eigenvalue weighted by Crippen LogP contribution is 2.33. The van der Waals surface area contributed by atoms with Crippen molar-refractivity contribution >= 4 is 5.91 Å². The average molecular weight is 882 g/mol. The van der Waals surface area contributed by atoms with Crippen LogP contribution < -0.4 is 5.32 Å². The first kappa shape index (κ1) is 53.6. The largest absolute Gasteiger partial charge is 0.394 e. The molecular weight excluding hydrogens is 806 g/mol. The van der Waals surface area contributed by atoms with E-state index in [2.05, 4.69) is 24.4 Å². The summed E-state index contributed by atoms with van der Waals surface area (Å²) in [6, 6.07) is -0.985. The van der Waals surface area contributed by atoms with Crippen molar-refractivity contribution < 1.29 is 89.4 Å². The number of carbonyl (C=O) groups is 1. The van der Waals surface area contributed by atoms with Crippen LogP contribution in [0.1, 0.15) is 104 Å². The first-order valence-corrected chi connectivity index (χ1v) is 22.0. The number of carbonyl (C=O) groups excluding carboxylic acids is 1. The van der Waals surface area contributed by atoms with Gasteiger partial charge in [-0.2, -0.15) is 0 Å². The maximum Gasteiger partial charge on any atom is 0.217 e. The van der Waals surface area contributed by atoms with Crippen LogP contribution in [0.15, 0.2) is 24.3 Å². The molecule has 356 valence electrons. The summed E-state index contributed by atoms with van der Waals surface area (Å²) in [5.74, 6) is -0.464. The lowest BCUT2D eigenvalue weighted by Crippen LogP contribution is -2.66. The maximum atomic E-state index is 12.0. The van der Waals surface area contributed by atoms with Crippen molar-refractivity contribution in [3.63, 3.8) is 0 Å². The van der Waals surface area contributed by atoms with E-state index in [4.69, 9.17) is 28.4 Å². The van der Waals surface area contributed by atoms with Gasteiger partial charge in [0.15, 0.2) is 18.9 Å². The van der Waals surface area contributed by atoms with Crippen molar-refractivity contribution in [1.29, 1.82) is 0 Å². The average Bonchev–Trinajstić information content (AvgIpc) is 3.24. The lowest BCUT2D eigenvalue weighted by Gasteiger charge is -2.48. The topological polar surface area (TPSA) is 307 Å². The Morgan fingerprint density at radius 1 is 0.574 bits per heavy atom.